The summed E-state index contributed by atoms with van der Waals surface area (Å²) in [5.74, 6) is -2.12. The lowest BCUT2D eigenvalue weighted by atomic mass is 10.1. The number of nitrogens with zero attached hydrogens (tertiary/aromatic N) is 4. The molecule has 0 unspecified atom stereocenters. The predicted molar refractivity (Wildman–Crippen MR) is 77.8 cm³/mol. The van der Waals surface area contributed by atoms with Crippen LogP contribution in [0.15, 0.2) is 17.3 Å². The van der Waals surface area contributed by atoms with Crippen LogP contribution in [-0.2, 0) is 19.9 Å². The molecule has 0 aromatic carbocycles. The molecule has 0 fully saturated rings. The molecule has 0 atom stereocenters. The standard InChI is InChI=1S/C13H17N5O4/c1-5-22-12(21)10(19)16-17-7-14-9-8(11(17)20)6-15-18(9)13(2,3)4/h6-7H,5H2,1-4H3,(H,16,19). The summed E-state index contributed by atoms with van der Waals surface area (Å²) in [5.41, 5.74) is 1.65. The van der Waals surface area contributed by atoms with Gasteiger partial charge >= 0.3 is 11.9 Å². The van der Waals surface area contributed by atoms with Crippen molar-refractivity contribution in [3.8, 4) is 0 Å². The van der Waals surface area contributed by atoms with Crippen molar-refractivity contribution in [1.29, 1.82) is 0 Å². The van der Waals surface area contributed by atoms with E-state index in [1.54, 1.807) is 11.6 Å². The van der Waals surface area contributed by atoms with Gasteiger partial charge in [-0.25, -0.2) is 24.6 Å². The van der Waals surface area contributed by atoms with E-state index in [4.69, 9.17) is 0 Å². The molecule has 0 saturated carbocycles. The van der Waals surface area contributed by atoms with E-state index >= 15 is 0 Å². The van der Waals surface area contributed by atoms with Crippen molar-refractivity contribution >= 4 is 22.9 Å². The topological polar surface area (TPSA) is 108 Å². The molecule has 118 valence electrons. The Hall–Kier alpha value is -2.71. The van der Waals surface area contributed by atoms with E-state index in [2.05, 4.69) is 20.2 Å². The third-order valence-electron chi connectivity index (χ3n) is 2.81. The summed E-state index contributed by atoms with van der Waals surface area (Å²) in [5, 5.41) is 4.39. The number of nitrogens with one attached hydrogen (secondary N) is 1. The monoisotopic (exact) mass is 307 g/mol. The Kier molecular flexibility index (Phi) is 3.98. The lowest BCUT2D eigenvalue weighted by Gasteiger charge is -2.19. The average Bonchev–Trinajstić information content (AvgIpc) is 2.86. The maximum Gasteiger partial charge on any atom is 0.398 e. The summed E-state index contributed by atoms with van der Waals surface area (Å²) in [4.78, 5) is 39.2. The van der Waals surface area contributed by atoms with Crippen LogP contribution in [0.25, 0.3) is 11.0 Å². The zero-order chi connectivity index (χ0) is 16.5. The molecule has 0 spiro atoms. The first-order chi connectivity index (χ1) is 10.3. The van der Waals surface area contributed by atoms with Crippen LogP contribution in [0.5, 0.6) is 0 Å². The maximum absolute atomic E-state index is 12.3. The molecule has 0 radical (unpaired) electrons. The van der Waals surface area contributed by atoms with Gasteiger partial charge in [0.1, 0.15) is 11.7 Å². The van der Waals surface area contributed by atoms with Crippen LogP contribution in [-0.4, -0.2) is 37.9 Å². The summed E-state index contributed by atoms with van der Waals surface area (Å²) in [7, 11) is 0. The summed E-state index contributed by atoms with van der Waals surface area (Å²) >= 11 is 0. The highest BCUT2D eigenvalue weighted by Crippen LogP contribution is 2.17. The summed E-state index contributed by atoms with van der Waals surface area (Å²) in [6.45, 7) is 7.42. The molecule has 2 aromatic heterocycles. The molecule has 9 heteroatoms. The Morgan fingerprint density at radius 3 is 2.64 bits per heavy atom. The minimum Gasteiger partial charge on any atom is -0.459 e. The van der Waals surface area contributed by atoms with Crippen molar-refractivity contribution in [3.63, 3.8) is 0 Å². The molecule has 0 saturated heterocycles. The molecule has 1 N–H and O–H groups in total. The van der Waals surface area contributed by atoms with Crippen molar-refractivity contribution < 1.29 is 14.3 Å². The number of rotatable bonds is 2. The molecule has 2 aromatic rings. The fourth-order valence-corrected chi connectivity index (χ4v) is 1.83. The van der Waals surface area contributed by atoms with Crippen molar-refractivity contribution in [2.24, 2.45) is 0 Å². The predicted octanol–water partition coefficient (Wildman–Crippen LogP) is -0.0188. The van der Waals surface area contributed by atoms with E-state index in [9.17, 15) is 14.4 Å². The highest BCUT2D eigenvalue weighted by molar-refractivity contribution is 6.35. The largest absolute Gasteiger partial charge is 0.459 e. The third kappa shape index (κ3) is 2.83. The highest BCUT2D eigenvalue weighted by atomic mass is 16.5. The van der Waals surface area contributed by atoms with Crippen molar-refractivity contribution in [1.82, 2.24) is 19.4 Å². The molecule has 22 heavy (non-hydrogen) atoms. The van der Waals surface area contributed by atoms with Crippen molar-refractivity contribution in [2.75, 3.05) is 12.0 Å². The highest BCUT2D eigenvalue weighted by Gasteiger charge is 2.21. The van der Waals surface area contributed by atoms with Crippen molar-refractivity contribution in [2.45, 2.75) is 33.2 Å². The van der Waals surface area contributed by atoms with Gasteiger partial charge in [-0.05, 0) is 27.7 Å². The van der Waals surface area contributed by atoms with Gasteiger partial charge in [-0.15, -0.1) is 0 Å². The van der Waals surface area contributed by atoms with Crippen LogP contribution in [0.4, 0.5) is 0 Å². The summed E-state index contributed by atoms with van der Waals surface area (Å²) in [6.07, 6.45) is 2.51. The van der Waals surface area contributed by atoms with Crippen LogP contribution in [0.1, 0.15) is 27.7 Å². The Morgan fingerprint density at radius 1 is 1.36 bits per heavy atom. The van der Waals surface area contributed by atoms with Gasteiger partial charge in [0, 0.05) is 0 Å². The number of ether oxygens (including phenoxy) is 1. The molecule has 0 aliphatic carbocycles. The third-order valence-corrected chi connectivity index (χ3v) is 2.81. The van der Waals surface area contributed by atoms with E-state index in [0.29, 0.717) is 5.65 Å². The van der Waals surface area contributed by atoms with Gasteiger partial charge in [0.25, 0.3) is 5.56 Å². The van der Waals surface area contributed by atoms with Gasteiger partial charge in [0.15, 0.2) is 5.65 Å². The lowest BCUT2D eigenvalue weighted by Crippen LogP contribution is -2.37. The van der Waals surface area contributed by atoms with Crippen LogP contribution in [0.3, 0.4) is 0 Å². The zero-order valence-electron chi connectivity index (χ0n) is 12.8. The van der Waals surface area contributed by atoms with Crippen LogP contribution in [0, 0.1) is 0 Å². The average molecular weight is 307 g/mol. The number of carbonyl (C=O) groups is 2. The van der Waals surface area contributed by atoms with Gasteiger partial charge in [0.05, 0.1) is 18.3 Å². The van der Waals surface area contributed by atoms with E-state index < -0.39 is 17.4 Å². The molecule has 1 amide bonds. The van der Waals surface area contributed by atoms with Crippen LogP contribution >= 0.6 is 0 Å². The SMILES string of the molecule is CCOC(=O)C(=O)Nn1cnc2c(cnn2C(C)(C)C)c1=O. The van der Waals surface area contributed by atoms with Crippen molar-refractivity contribution in [3.05, 3.63) is 22.9 Å². The quantitative estimate of drug-likeness (QED) is 0.617. The van der Waals surface area contributed by atoms with Gasteiger partial charge in [-0.1, -0.05) is 0 Å². The number of esters is 1. The minimum absolute atomic E-state index is 0.0663. The smallest absolute Gasteiger partial charge is 0.398 e. The van der Waals surface area contributed by atoms with E-state index in [1.165, 1.54) is 6.20 Å². The fraction of sp³-hybridized carbons (Fsp3) is 0.462. The van der Waals surface area contributed by atoms with Gasteiger partial charge < -0.3 is 4.74 Å². The lowest BCUT2D eigenvalue weighted by molar-refractivity contribution is -0.152. The molecular weight excluding hydrogens is 290 g/mol. The molecular formula is C13H17N5O4. The first-order valence-electron chi connectivity index (χ1n) is 6.69. The summed E-state index contributed by atoms with van der Waals surface area (Å²) in [6, 6.07) is 0. The molecule has 9 nitrogen and oxygen atoms in total. The van der Waals surface area contributed by atoms with Crippen LogP contribution < -0.4 is 11.0 Å². The molecule has 2 heterocycles. The Labute approximate surface area is 125 Å². The van der Waals surface area contributed by atoms with Gasteiger partial charge in [-0.2, -0.15) is 5.10 Å². The molecule has 2 rings (SSSR count). The maximum atomic E-state index is 12.3. The van der Waals surface area contributed by atoms with Crippen LogP contribution in [0.2, 0.25) is 0 Å². The number of hydrogen-bond donors (Lipinski definition) is 1. The molecule has 0 aliphatic heterocycles. The normalized spacial score (nSPS) is 11.5. The van der Waals surface area contributed by atoms with E-state index in [-0.39, 0.29) is 17.5 Å². The second-order valence-corrected chi connectivity index (χ2v) is 5.55. The summed E-state index contributed by atoms with van der Waals surface area (Å²) < 4.78 is 6.99. The van der Waals surface area contributed by atoms with Gasteiger partial charge in [0.2, 0.25) is 0 Å². The Bertz CT molecular complexity index is 784. The second kappa shape index (κ2) is 5.58. The number of aromatic nitrogens is 4. The number of hydrogen-bond acceptors (Lipinski definition) is 6. The minimum atomic E-state index is -1.07. The first-order valence-corrected chi connectivity index (χ1v) is 6.69. The van der Waals surface area contributed by atoms with Gasteiger partial charge in [-0.3, -0.25) is 9.59 Å². The number of amides is 1. The first kappa shape index (κ1) is 15.7. The molecule has 0 aliphatic rings. The van der Waals surface area contributed by atoms with E-state index in [1.807, 2.05) is 20.8 Å². The fourth-order valence-electron chi connectivity index (χ4n) is 1.83. The second-order valence-electron chi connectivity index (χ2n) is 5.55. The van der Waals surface area contributed by atoms with E-state index in [0.717, 1.165) is 11.0 Å². The Balaban J connectivity index is 2.39. The zero-order valence-corrected chi connectivity index (χ0v) is 12.8. The number of fused-ring (bicyclic) bond motifs is 1. The molecule has 0 bridgehead atoms. The number of carbonyl (C=O) groups excluding carboxylic acids is 2. The Morgan fingerprint density at radius 2 is 2.05 bits per heavy atom.